The number of thioether (sulfide) groups is 2. The maximum atomic E-state index is 12.2. The first-order chi connectivity index (χ1) is 9.99. The monoisotopic (exact) mass is 337 g/mol. The van der Waals surface area contributed by atoms with Gasteiger partial charge in [-0.15, -0.1) is 0 Å². The molecule has 0 aliphatic heterocycles. The Hall–Kier alpha value is -1.16. The lowest BCUT2D eigenvalue weighted by molar-refractivity contribution is -0.129. The predicted molar refractivity (Wildman–Crippen MR) is 80.0 cm³/mol. The van der Waals surface area contributed by atoms with Crippen molar-refractivity contribution in [1.29, 1.82) is 0 Å². The second kappa shape index (κ2) is 7.21. The molecule has 2 heterocycles. The minimum atomic E-state index is -4.16. The molecule has 0 amide bonds. The van der Waals surface area contributed by atoms with E-state index in [9.17, 15) is 13.2 Å². The molecule has 10 heteroatoms. The van der Waals surface area contributed by atoms with Gasteiger partial charge in [-0.25, -0.2) is 15.0 Å². The molecule has 0 unspecified atom stereocenters. The van der Waals surface area contributed by atoms with Gasteiger partial charge in [-0.1, -0.05) is 11.8 Å². The van der Waals surface area contributed by atoms with E-state index in [1.165, 1.54) is 6.33 Å². The van der Waals surface area contributed by atoms with E-state index < -0.39 is 12.6 Å². The van der Waals surface area contributed by atoms with E-state index >= 15 is 0 Å². The molecule has 0 bridgehead atoms. The lowest BCUT2D eigenvalue weighted by atomic mass is 10.5. The van der Waals surface area contributed by atoms with Crippen molar-refractivity contribution in [2.75, 3.05) is 29.6 Å². The van der Waals surface area contributed by atoms with Crippen LogP contribution < -0.4 is 5.32 Å². The summed E-state index contributed by atoms with van der Waals surface area (Å²) < 4.78 is 36.5. The molecular formula is C11H14F3N5S2. The van der Waals surface area contributed by atoms with Crippen LogP contribution in [0.3, 0.4) is 0 Å². The molecule has 2 aromatic rings. The number of imidazole rings is 1. The molecule has 2 aromatic heterocycles. The third kappa shape index (κ3) is 4.95. The van der Waals surface area contributed by atoms with Crippen molar-refractivity contribution in [2.24, 2.45) is 0 Å². The first kappa shape index (κ1) is 16.2. The second-order valence-corrected chi connectivity index (χ2v) is 6.14. The van der Waals surface area contributed by atoms with Crippen LogP contribution in [0.5, 0.6) is 0 Å². The summed E-state index contributed by atoms with van der Waals surface area (Å²) in [7, 11) is 0. The van der Waals surface area contributed by atoms with Crippen molar-refractivity contribution in [3.8, 4) is 0 Å². The number of aromatic nitrogens is 4. The number of halogens is 3. The number of nitrogens with one attached hydrogen (secondary N) is 2. The predicted octanol–water partition coefficient (Wildman–Crippen LogP) is 3.17. The minimum absolute atomic E-state index is 0.107. The highest BCUT2D eigenvalue weighted by molar-refractivity contribution is 7.99. The number of hydrogen-bond acceptors (Lipinski definition) is 6. The Labute approximate surface area is 127 Å². The van der Waals surface area contributed by atoms with Gasteiger partial charge in [0.25, 0.3) is 0 Å². The molecule has 0 spiro atoms. The largest absolute Gasteiger partial charge is 0.389 e. The quantitative estimate of drug-likeness (QED) is 0.460. The van der Waals surface area contributed by atoms with E-state index in [1.807, 2.05) is 6.26 Å². The molecule has 0 aliphatic carbocycles. The molecule has 5 nitrogen and oxygen atoms in total. The van der Waals surface area contributed by atoms with Crippen molar-refractivity contribution in [2.45, 2.75) is 17.8 Å². The number of nitrogens with zero attached hydrogens (tertiary/aromatic N) is 3. The van der Waals surface area contributed by atoms with Gasteiger partial charge >= 0.3 is 6.18 Å². The molecule has 2 rings (SSSR count). The third-order valence-corrected chi connectivity index (χ3v) is 3.94. The Morgan fingerprint density at radius 2 is 2.10 bits per heavy atom. The van der Waals surface area contributed by atoms with Crippen LogP contribution in [-0.2, 0) is 0 Å². The summed E-state index contributed by atoms with van der Waals surface area (Å²) in [6.07, 6.45) is -1.55. The molecule has 0 aromatic carbocycles. The van der Waals surface area contributed by atoms with E-state index in [0.29, 0.717) is 28.7 Å². The summed E-state index contributed by atoms with van der Waals surface area (Å²) >= 11 is 2.66. The molecule has 0 atom stereocenters. The average Bonchev–Trinajstić information content (AvgIpc) is 2.86. The van der Waals surface area contributed by atoms with Crippen molar-refractivity contribution in [3.63, 3.8) is 0 Å². The van der Waals surface area contributed by atoms with Gasteiger partial charge in [0.2, 0.25) is 0 Å². The summed E-state index contributed by atoms with van der Waals surface area (Å²) in [4.78, 5) is 15.4. The second-order valence-electron chi connectivity index (χ2n) is 4.09. The SMILES string of the molecule is CSCCNc1nc(SCCC(F)(F)F)nc2nc[nH]c12. The Balaban J connectivity index is 2.09. The summed E-state index contributed by atoms with van der Waals surface area (Å²) in [6, 6.07) is 0. The first-order valence-corrected chi connectivity index (χ1v) is 8.51. The molecule has 0 aliphatic rings. The van der Waals surface area contributed by atoms with Crippen molar-refractivity contribution >= 4 is 40.5 Å². The number of aromatic amines is 1. The maximum Gasteiger partial charge on any atom is 0.389 e. The van der Waals surface area contributed by atoms with Crippen LogP contribution in [0.2, 0.25) is 0 Å². The van der Waals surface area contributed by atoms with Gasteiger partial charge in [0.05, 0.1) is 12.7 Å². The van der Waals surface area contributed by atoms with Crippen molar-refractivity contribution < 1.29 is 13.2 Å². The molecular weight excluding hydrogens is 323 g/mol. The van der Waals surface area contributed by atoms with Crippen LogP contribution in [0.15, 0.2) is 11.5 Å². The number of fused-ring (bicyclic) bond motifs is 1. The van der Waals surface area contributed by atoms with E-state index in [2.05, 4.69) is 25.3 Å². The highest BCUT2D eigenvalue weighted by Gasteiger charge is 2.26. The smallest absolute Gasteiger partial charge is 0.367 e. The topological polar surface area (TPSA) is 66.5 Å². The minimum Gasteiger partial charge on any atom is -0.367 e. The number of anilines is 1. The van der Waals surface area contributed by atoms with Crippen LogP contribution in [0.4, 0.5) is 19.0 Å². The Kier molecular flexibility index (Phi) is 5.57. The third-order valence-electron chi connectivity index (χ3n) is 2.48. The van der Waals surface area contributed by atoms with Gasteiger partial charge in [0.1, 0.15) is 5.52 Å². The Bertz CT molecular complexity index is 587. The number of alkyl halides is 3. The van der Waals surface area contributed by atoms with Crippen LogP contribution in [-0.4, -0.2) is 50.4 Å². The zero-order valence-electron chi connectivity index (χ0n) is 11.2. The van der Waals surface area contributed by atoms with Gasteiger partial charge in [-0.05, 0) is 6.26 Å². The highest BCUT2D eigenvalue weighted by atomic mass is 32.2. The normalized spacial score (nSPS) is 12.0. The average molecular weight is 337 g/mol. The summed E-state index contributed by atoms with van der Waals surface area (Å²) in [6.45, 7) is 0.707. The highest BCUT2D eigenvalue weighted by Crippen LogP contribution is 2.26. The fraction of sp³-hybridized carbons (Fsp3) is 0.545. The molecule has 0 saturated carbocycles. The van der Waals surface area contributed by atoms with Gasteiger partial charge in [-0.2, -0.15) is 24.9 Å². The Morgan fingerprint density at radius 3 is 2.81 bits per heavy atom. The van der Waals surface area contributed by atoms with Crippen LogP contribution in [0, 0.1) is 0 Å². The zero-order valence-corrected chi connectivity index (χ0v) is 12.8. The molecule has 0 radical (unpaired) electrons. The van der Waals surface area contributed by atoms with Gasteiger partial charge in [0, 0.05) is 18.1 Å². The van der Waals surface area contributed by atoms with E-state index in [0.717, 1.165) is 17.5 Å². The maximum absolute atomic E-state index is 12.2. The van der Waals surface area contributed by atoms with Gasteiger partial charge in [0.15, 0.2) is 16.6 Å². The van der Waals surface area contributed by atoms with Crippen LogP contribution in [0.1, 0.15) is 6.42 Å². The number of H-pyrrole nitrogens is 1. The molecule has 116 valence electrons. The van der Waals surface area contributed by atoms with E-state index in [1.54, 1.807) is 11.8 Å². The lowest BCUT2D eigenvalue weighted by Gasteiger charge is -2.08. The standard InChI is InChI=1S/C11H14F3N5S2/c1-20-5-3-15-8-7-9(17-6-16-7)19-10(18-8)21-4-2-11(12,13)14/h6H,2-5H2,1H3,(H2,15,16,17,18,19). The van der Waals surface area contributed by atoms with E-state index in [-0.39, 0.29) is 5.75 Å². The molecule has 2 N–H and O–H groups in total. The number of rotatable bonds is 7. The fourth-order valence-corrected chi connectivity index (χ4v) is 2.66. The summed E-state index contributed by atoms with van der Waals surface area (Å²) in [5.74, 6) is 1.36. The summed E-state index contributed by atoms with van der Waals surface area (Å²) in [5.41, 5.74) is 1.11. The number of hydrogen-bond donors (Lipinski definition) is 2. The summed E-state index contributed by atoms with van der Waals surface area (Å²) in [5, 5.41) is 3.44. The van der Waals surface area contributed by atoms with Crippen molar-refractivity contribution in [1.82, 2.24) is 19.9 Å². The van der Waals surface area contributed by atoms with Crippen LogP contribution in [0.25, 0.3) is 11.2 Å². The van der Waals surface area contributed by atoms with Gasteiger partial charge in [-0.3, -0.25) is 0 Å². The van der Waals surface area contributed by atoms with Crippen molar-refractivity contribution in [3.05, 3.63) is 6.33 Å². The molecule has 21 heavy (non-hydrogen) atoms. The Morgan fingerprint density at radius 1 is 1.29 bits per heavy atom. The lowest BCUT2D eigenvalue weighted by Crippen LogP contribution is -2.09. The molecule has 0 fully saturated rings. The first-order valence-electron chi connectivity index (χ1n) is 6.13. The van der Waals surface area contributed by atoms with E-state index in [4.69, 9.17) is 0 Å². The zero-order chi connectivity index (χ0) is 15.3. The van der Waals surface area contributed by atoms with Crippen LogP contribution >= 0.6 is 23.5 Å². The van der Waals surface area contributed by atoms with Gasteiger partial charge < -0.3 is 10.3 Å². The molecule has 0 saturated heterocycles. The fourth-order valence-electron chi connectivity index (χ4n) is 1.54.